The van der Waals surface area contributed by atoms with Crippen molar-refractivity contribution in [1.29, 1.82) is 0 Å². The fourth-order valence-electron chi connectivity index (χ4n) is 4.30. The molecule has 0 aliphatic heterocycles. The van der Waals surface area contributed by atoms with Crippen LogP contribution in [0.3, 0.4) is 0 Å². The Bertz CT molecular complexity index is 964. The monoisotopic (exact) mass is 426 g/mol. The maximum Gasteiger partial charge on any atom is 0.330 e. The Morgan fingerprint density at radius 3 is 2.84 bits per heavy atom. The number of hydrogen-bond acceptors (Lipinski definition) is 6. The summed E-state index contributed by atoms with van der Waals surface area (Å²) in [6, 6.07) is 7.18. The van der Waals surface area contributed by atoms with Gasteiger partial charge in [-0.1, -0.05) is 24.6 Å². The van der Waals surface area contributed by atoms with Gasteiger partial charge >= 0.3 is 11.9 Å². The zero-order valence-electron chi connectivity index (χ0n) is 18.2. The van der Waals surface area contributed by atoms with Gasteiger partial charge in [0.25, 0.3) is 0 Å². The zero-order chi connectivity index (χ0) is 22.3. The minimum Gasteiger partial charge on any atom is -0.467 e. The van der Waals surface area contributed by atoms with Gasteiger partial charge in [-0.05, 0) is 50.5 Å². The normalized spacial score (nSPS) is 20.1. The Balaban J connectivity index is 1.71. The van der Waals surface area contributed by atoms with E-state index in [0.717, 1.165) is 29.3 Å². The number of nitrogens with zero attached hydrogens (tertiary/aromatic N) is 1. The number of H-pyrrole nitrogens is 1. The molecule has 7 nitrogen and oxygen atoms in total. The number of para-hydroxylation sites is 1. The van der Waals surface area contributed by atoms with Crippen molar-refractivity contribution in [2.45, 2.75) is 57.9 Å². The van der Waals surface area contributed by atoms with Crippen LogP contribution in [0.2, 0.25) is 0 Å². The molecule has 2 unspecified atom stereocenters. The van der Waals surface area contributed by atoms with Crippen molar-refractivity contribution in [3.05, 3.63) is 36.0 Å². The van der Waals surface area contributed by atoms with E-state index in [1.807, 2.05) is 30.5 Å². The molecule has 0 spiro atoms. The lowest BCUT2D eigenvalue weighted by molar-refractivity contribution is -0.162. The maximum absolute atomic E-state index is 12.6. The molecule has 1 N–H and O–H groups in total. The van der Waals surface area contributed by atoms with Gasteiger partial charge in [0.1, 0.15) is 11.2 Å². The fourth-order valence-corrected chi connectivity index (χ4v) is 4.30. The highest BCUT2D eigenvalue weighted by atomic mass is 16.5. The molecule has 0 saturated heterocycles. The predicted octanol–water partition coefficient (Wildman–Crippen LogP) is 3.80. The van der Waals surface area contributed by atoms with Gasteiger partial charge in [0.2, 0.25) is 0 Å². The van der Waals surface area contributed by atoms with Crippen molar-refractivity contribution in [2.24, 2.45) is 10.4 Å². The lowest BCUT2D eigenvalue weighted by atomic mass is 9.70. The number of fused-ring (bicyclic) bond motifs is 1. The first-order chi connectivity index (χ1) is 15.0. The van der Waals surface area contributed by atoms with E-state index < -0.39 is 23.4 Å². The summed E-state index contributed by atoms with van der Waals surface area (Å²) in [5, 5.41) is 1.04. The molecule has 1 heterocycles. The number of hydrogen-bond donors (Lipinski definition) is 1. The molecule has 1 fully saturated rings. The third-order valence-electron chi connectivity index (χ3n) is 6.00. The summed E-state index contributed by atoms with van der Waals surface area (Å²) in [5.41, 5.74) is 0.892. The molecular formula is C24H30N2O5. The zero-order valence-corrected chi connectivity index (χ0v) is 18.2. The topological polar surface area (TPSA) is 97.8 Å². The number of Topliss-reactive ketones (excluding diaryl/α,β-unsaturated/α-hetero) is 1. The summed E-state index contributed by atoms with van der Waals surface area (Å²) in [4.78, 5) is 45.2. The summed E-state index contributed by atoms with van der Waals surface area (Å²) in [6.45, 7) is 1.99. The third kappa shape index (κ3) is 5.03. The number of aliphatic imine (C=N–C) groups is 1. The molecule has 1 aromatic carbocycles. The Hall–Kier alpha value is -2.96. The lowest BCUT2D eigenvalue weighted by Gasteiger charge is -2.33. The smallest absolute Gasteiger partial charge is 0.330 e. The van der Waals surface area contributed by atoms with E-state index in [4.69, 9.17) is 9.47 Å². The first-order valence-corrected chi connectivity index (χ1v) is 10.9. The predicted molar refractivity (Wildman–Crippen MR) is 118 cm³/mol. The first-order valence-electron chi connectivity index (χ1n) is 10.9. The van der Waals surface area contributed by atoms with Crippen molar-refractivity contribution >= 4 is 34.8 Å². The number of aromatic amines is 1. The molecule has 0 bridgehead atoms. The summed E-state index contributed by atoms with van der Waals surface area (Å²) in [5.74, 6) is -0.902. The van der Waals surface area contributed by atoms with Crippen LogP contribution < -0.4 is 0 Å². The number of benzene rings is 1. The lowest BCUT2D eigenvalue weighted by Crippen LogP contribution is -2.43. The fraction of sp³-hybridized carbons (Fsp3) is 0.500. The highest BCUT2D eigenvalue weighted by Gasteiger charge is 2.47. The van der Waals surface area contributed by atoms with E-state index in [0.29, 0.717) is 32.1 Å². The van der Waals surface area contributed by atoms with Crippen molar-refractivity contribution in [2.75, 3.05) is 13.7 Å². The van der Waals surface area contributed by atoms with E-state index in [-0.39, 0.29) is 12.4 Å². The number of nitrogens with one attached hydrogen (secondary N) is 1. The standard InChI is InChI=1S/C24H30N2O5/c1-3-31-23(29)24(12-7-6-11-21(24)27)13-8-14-25-20(22(28)30-2)15-17-16-26-19-10-5-4-9-18(17)19/h4-5,9-10,14,16,20,26H,3,6-8,11-13,15H2,1-2H3. The van der Waals surface area contributed by atoms with Gasteiger partial charge in [-0.25, -0.2) is 4.79 Å². The molecule has 0 radical (unpaired) electrons. The summed E-state index contributed by atoms with van der Waals surface area (Å²) in [7, 11) is 1.34. The quantitative estimate of drug-likeness (QED) is 0.374. The van der Waals surface area contributed by atoms with Gasteiger partial charge in [-0.3, -0.25) is 14.6 Å². The summed E-state index contributed by atoms with van der Waals surface area (Å²) < 4.78 is 10.2. The molecule has 7 heteroatoms. The number of esters is 2. The van der Waals surface area contributed by atoms with Gasteiger partial charge < -0.3 is 14.5 Å². The van der Waals surface area contributed by atoms with Gasteiger partial charge in [0, 0.05) is 29.9 Å². The van der Waals surface area contributed by atoms with Crippen LogP contribution >= 0.6 is 0 Å². The van der Waals surface area contributed by atoms with E-state index >= 15 is 0 Å². The van der Waals surface area contributed by atoms with Crippen LogP contribution in [0.5, 0.6) is 0 Å². The second kappa shape index (κ2) is 10.4. The highest BCUT2D eigenvalue weighted by Crippen LogP contribution is 2.38. The molecule has 2 aromatic rings. The molecule has 1 aromatic heterocycles. The SMILES string of the molecule is CCOC(=O)C1(CCC=NC(Cc2c[nH]c3ccccc23)C(=O)OC)CCCCC1=O. The van der Waals surface area contributed by atoms with Crippen LogP contribution in [0, 0.1) is 5.41 Å². The van der Waals surface area contributed by atoms with Crippen LogP contribution in [0.4, 0.5) is 0 Å². The minimum absolute atomic E-state index is 0.0473. The van der Waals surface area contributed by atoms with Crippen molar-refractivity contribution in [3.8, 4) is 0 Å². The summed E-state index contributed by atoms with van der Waals surface area (Å²) >= 11 is 0. The number of rotatable bonds is 9. The summed E-state index contributed by atoms with van der Waals surface area (Å²) in [6.07, 6.45) is 7.22. The van der Waals surface area contributed by atoms with Crippen molar-refractivity contribution in [1.82, 2.24) is 4.98 Å². The molecular weight excluding hydrogens is 396 g/mol. The Morgan fingerprint density at radius 2 is 2.10 bits per heavy atom. The van der Waals surface area contributed by atoms with Gasteiger partial charge in [0.15, 0.2) is 6.04 Å². The van der Waals surface area contributed by atoms with Crippen LogP contribution in [-0.4, -0.2) is 48.7 Å². The highest BCUT2D eigenvalue weighted by molar-refractivity contribution is 6.04. The Kier molecular flexibility index (Phi) is 7.60. The molecule has 1 saturated carbocycles. The molecule has 1 aliphatic carbocycles. The number of ketones is 1. The van der Waals surface area contributed by atoms with Crippen LogP contribution in [0.15, 0.2) is 35.5 Å². The molecule has 3 rings (SSSR count). The second-order valence-electron chi connectivity index (χ2n) is 7.91. The van der Waals surface area contributed by atoms with Gasteiger partial charge in [0.05, 0.1) is 13.7 Å². The number of aromatic nitrogens is 1. The van der Waals surface area contributed by atoms with Crippen LogP contribution in [0.25, 0.3) is 10.9 Å². The maximum atomic E-state index is 12.6. The number of ether oxygens (including phenoxy) is 2. The van der Waals surface area contributed by atoms with Gasteiger partial charge in [-0.15, -0.1) is 0 Å². The van der Waals surface area contributed by atoms with Crippen LogP contribution in [-0.2, 0) is 30.3 Å². The first kappa shape index (κ1) is 22.7. The molecule has 0 amide bonds. The number of carbonyl (C=O) groups excluding carboxylic acids is 3. The molecule has 1 aliphatic rings. The van der Waals surface area contributed by atoms with E-state index in [2.05, 4.69) is 9.98 Å². The number of methoxy groups -OCH3 is 1. The Labute approximate surface area is 182 Å². The largest absolute Gasteiger partial charge is 0.467 e. The van der Waals surface area contributed by atoms with Gasteiger partial charge in [-0.2, -0.15) is 0 Å². The van der Waals surface area contributed by atoms with Crippen LogP contribution in [0.1, 0.15) is 51.0 Å². The molecule has 2 atom stereocenters. The second-order valence-corrected chi connectivity index (χ2v) is 7.91. The average molecular weight is 427 g/mol. The van der Waals surface area contributed by atoms with E-state index in [9.17, 15) is 14.4 Å². The molecule has 31 heavy (non-hydrogen) atoms. The van der Waals surface area contributed by atoms with Crippen molar-refractivity contribution < 1.29 is 23.9 Å². The average Bonchev–Trinajstić information content (AvgIpc) is 3.19. The van der Waals surface area contributed by atoms with E-state index in [1.165, 1.54) is 7.11 Å². The van der Waals surface area contributed by atoms with Crippen molar-refractivity contribution in [3.63, 3.8) is 0 Å². The third-order valence-corrected chi connectivity index (χ3v) is 6.00. The Morgan fingerprint density at radius 1 is 1.29 bits per heavy atom. The minimum atomic E-state index is -1.09. The van der Waals surface area contributed by atoms with E-state index in [1.54, 1.807) is 13.1 Å². The molecule has 166 valence electrons. The number of carbonyl (C=O) groups is 3.